The molecule has 0 atom stereocenters. The topological polar surface area (TPSA) is 30.3 Å². The van der Waals surface area contributed by atoms with Gasteiger partial charge in [-0.25, -0.2) is 4.98 Å². The van der Waals surface area contributed by atoms with Gasteiger partial charge in [0, 0.05) is 43.6 Å². The first-order valence-corrected chi connectivity index (χ1v) is 10.6. The minimum absolute atomic E-state index is 0.596. The minimum atomic E-state index is 0.596. The monoisotopic (exact) mass is 347 g/mol. The fourth-order valence-electron chi connectivity index (χ4n) is 4.78. The standard InChI is InChI=1S/C21H37N3O/c1-4-20(5-2)23-11-6-18(7-12-23)8-13-24-17(3)16-22-21(24)19-9-14-25-15-10-19/h16,18-20H,4-15H2,1-3H3. The van der Waals surface area contributed by atoms with Crippen LogP contribution in [0.25, 0.3) is 0 Å². The number of piperidine rings is 1. The summed E-state index contributed by atoms with van der Waals surface area (Å²) in [6, 6.07) is 0.803. The molecule has 142 valence electrons. The second kappa shape index (κ2) is 9.18. The summed E-state index contributed by atoms with van der Waals surface area (Å²) in [4.78, 5) is 7.49. The van der Waals surface area contributed by atoms with E-state index in [1.54, 1.807) is 0 Å². The Labute approximate surface area is 154 Å². The maximum atomic E-state index is 5.53. The molecule has 0 bridgehead atoms. The maximum Gasteiger partial charge on any atom is 0.112 e. The van der Waals surface area contributed by atoms with Gasteiger partial charge in [-0.15, -0.1) is 0 Å². The number of aryl methyl sites for hydroxylation is 1. The van der Waals surface area contributed by atoms with Crippen LogP contribution in [-0.4, -0.2) is 46.8 Å². The molecule has 1 aromatic rings. The lowest BCUT2D eigenvalue weighted by atomic mass is 9.91. The molecular formula is C21H37N3O. The molecule has 0 unspecified atom stereocenters. The molecule has 25 heavy (non-hydrogen) atoms. The molecule has 1 aromatic heterocycles. The Balaban J connectivity index is 1.52. The Kier molecular flexibility index (Phi) is 6.94. The molecule has 2 aliphatic rings. The number of hydrogen-bond donors (Lipinski definition) is 0. The molecule has 0 amide bonds. The predicted molar refractivity (Wildman–Crippen MR) is 103 cm³/mol. The van der Waals surface area contributed by atoms with E-state index < -0.39 is 0 Å². The summed E-state index contributed by atoms with van der Waals surface area (Å²) < 4.78 is 8.03. The number of ether oxygens (including phenoxy) is 1. The summed E-state index contributed by atoms with van der Waals surface area (Å²) in [6.07, 6.45) is 11.0. The smallest absolute Gasteiger partial charge is 0.112 e. The molecule has 4 nitrogen and oxygen atoms in total. The van der Waals surface area contributed by atoms with Gasteiger partial charge in [0.05, 0.1) is 0 Å². The number of imidazole rings is 1. The normalized spacial score (nSPS) is 21.3. The highest BCUT2D eigenvalue weighted by atomic mass is 16.5. The molecule has 0 N–H and O–H groups in total. The van der Waals surface area contributed by atoms with Crippen LogP contribution in [0.15, 0.2) is 6.20 Å². The van der Waals surface area contributed by atoms with Crippen molar-refractivity contribution in [3.63, 3.8) is 0 Å². The van der Waals surface area contributed by atoms with E-state index in [1.165, 1.54) is 56.7 Å². The zero-order chi connectivity index (χ0) is 17.6. The molecule has 0 aromatic carbocycles. The van der Waals surface area contributed by atoms with Crippen molar-refractivity contribution in [3.05, 3.63) is 17.7 Å². The number of nitrogens with zero attached hydrogens (tertiary/aromatic N) is 3. The van der Waals surface area contributed by atoms with Gasteiger partial charge in [-0.1, -0.05) is 13.8 Å². The first-order chi connectivity index (χ1) is 12.2. The lowest BCUT2D eigenvalue weighted by Crippen LogP contribution is -2.41. The maximum absolute atomic E-state index is 5.53. The van der Waals surface area contributed by atoms with Crippen LogP contribution in [0.2, 0.25) is 0 Å². The fraction of sp³-hybridized carbons (Fsp3) is 0.857. The number of aromatic nitrogens is 2. The lowest BCUT2D eigenvalue weighted by molar-refractivity contribution is 0.0825. The second-order valence-corrected chi connectivity index (χ2v) is 8.03. The van der Waals surface area contributed by atoms with E-state index >= 15 is 0 Å². The summed E-state index contributed by atoms with van der Waals surface area (Å²) in [5.74, 6) is 2.80. The predicted octanol–water partition coefficient (Wildman–Crippen LogP) is 4.38. The van der Waals surface area contributed by atoms with E-state index in [9.17, 15) is 0 Å². The molecule has 3 heterocycles. The Morgan fingerprint density at radius 1 is 1.12 bits per heavy atom. The van der Waals surface area contributed by atoms with Crippen molar-refractivity contribution in [1.29, 1.82) is 0 Å². The molecule has 4 heteroatoms. The van der Waals surface area contributed by atoms with Gasteiger partial charge in [0.1, 0.15) is 5.82 Å². The molecular weight excluding hydrogens is 310 g/mol. The van der Waals surface area contributed by atoms with E-state index in [4.69, 9.17) is 9.72 Å². The highest BCUT2D eigenvalue weighted by molar-refractivity contribution is 5.08. The van der Waals surface area contributed by atoms with Crippen molar-refractivity contribution in [1.82, 2.24) is 14.5 Å². The number of likely N-dealkylation sites (tertiary alicyclic amines) is 1. The third-order valence-corrected chi connectivity index (χ3v) is 6.54. The molecule has 0 saturated carbocycles. The van der Waals surface area contributed by atoms with Gasteiger partial charge in [-0.05, 0) is 70.9 Å². The van der Waals surface area contributed by atoms with Crippen LogP contribution in [0.4, 0.5) is 0 Å². The molecule has 2 fully saturated rings. The van der Waals surface area contributed by atoms with E-state index in [-0.39, 0.29) is 0 Å². The van der Waals surface area contributed by atoms with Crippen molar-refractivity contribution >= 4 is 0 Å². The van der Waals surface area contributed by atoms with Crippen LogP contribution >= 0.6 is 0 Å². The van der Waals surface area contributed by atoms with Crippen LogP contribution in [-0.2, 0) is 11.3 Å². The van der Waals surface area contributed by atoms with Gasteiger partial charge in [0.15, 0.2) is 0 Å². The molecule has 0 aliphatic carbocycles. The Hall–Kier alpha value is -0.870. The van der Waals surface area contributed by atoms with Gasteiger partial charge < -0.3 is 14.2 Å². The van der Waals surface area contributed by atoms with Crippen LogP contribution in [0.5, 0.6) is 0 Å². The highest BCUT2D eigenvalue weighted by Gasteiger charge is 2.25. The molecule has 0 radical (unpaired) electrons. The number of rotatable bonds is 7. The molecule has 3 rings (SSSR count). The van der Waals surface area contributed by atoms with E-state index in [0.717, 1.165) is 44.6 Å². The van der Waals surface area contributed by atoms with E-state index in [0.29, 0.717) is 5.92 Å². The average Bonchev–Trinajstić information content (AvgIpc) is 3.03. The SMILES string of the molecule is CCC(CC)N1CCC(CCn2c(C)cnc2C2CCOCC2)CC1. The van der Waals surface area contributed by atoms with Crippen molar-refractivity contribution in [2.75, 3.05) is 26.3 Å². The van der Waals surface area contributed by atoms with Crippen molar-refractivity contribution in [3.8, 4) is 0 Å². The Bertz CT molecular complexity index is 509. The summed E-state index contributed by atoms with van der Waals surface area (Å²) in [5.41, 5.74) is 1.33. The highest BCUT2D eigenvalue weighted by Crippen LogP contribution is 2.29. The van der Waals surface area contributed by atoms with Gasteiger partial charge in [0.2, 0.25) is 0 Å². The molecule has 2 aliphatic heterocycles. The average molecular weight is 348 g/mol. The number of hydrogen-bond acceptors (Lipinski definition) is 3. The second-order valence-electron chi connectivity index (χ2n) is 8.03. The molecule has 2 saturated heterocycles. The molecule has 0 spiro atoms. The zero-order valence-electron chi connectivity index (χ0n) is 16.5. The summed E-state index contributed by atoms with van der Waals surface area (Å²) >= 11 is 0. The Morgan fingerprint density at radius 3 is 2.44 bits per heavy atom. The van der Waals surface area contributed by atoms with Gasteiger partial charge >= 0.3 is 0 Å². The quantitative estimate of drug-likeness (QED) is 0.733. The zero-order valence-corrected chi connectivity index (χ0v) is 16.5. The van der Waals surface area contributed by atoms with Gasteiger partial charge in [-0.2, -0.15) is 0 Å². The van der Waals surface area contributed by atoms with Crippen LogP contribution in [0.3, 0.4) is 0 Å². The lowest BCUT2D eigenvalue weighted by Gasteiger charge is -2.37. The fourth-order valence-corrected chi connectivity index (χ4v) is 4.78. The first-order valence-electron chi connectivity index (χ1n) is 10.6. The van der Waals surface area contributed by atoms with Crippen LogP contribution < -0.4 is 0 Å². The largest absolute Gasteiger partial charge is 0.381 e. The van der Waals surface area contributed by atoms with Crippen LogP contribution in [0.1, 0.15) is 76.2 Å². The summed E-state index contributed by atoms with van der Waals surface area (Å²) in [5, 5.41) is 0. The first kappa shape index (κ1) is 18.9. The van der Waals surface area contributed by atoms with Gasteiger partial charge in [-0.3, -0.25) is 0 Å². The summed E-state index contributed by atoms with van der Waals surface area (Å²) in [7, 11) is 0. The summed E-state index contributed by atoms with van der Waals surface area (Å²) in [6.45, 7) is 12.4. The van der Waals surface area contributed by atoms with Crippen molar-refractivity contribution in [2.45, 2.75) is 84.2 Å². The van der Waals surface area contributed by atoms with E-state index in [2.05, 4.69) is 36.4 Å². The van der Waals surface area contributed by atoms with Gasteiger partial charge in [0.25, 0.3) is 0 Å². The van der Waals surface area contributed by atoms with E-state index in [1.807, 2.05) is 0 Å². The van der Waals surface area contributed by atoms with Crippen molar-refractivity contribution in [2.24, 2.45) is 5.92 Å². The third-order valence-electron chi connectivity index (χ3n) is 6.54. The van der Waals surface area contributed by atoms with Crippen molar-refractivity contribution < 1.29 is 4.74 Å². The van der Waals surface area contributed by atoms with Crippen LogP contribution in [0, 0.1) is 12.8 Å². The Morgan fingerprint density at radius 2 is 1.80 bits per heavy atom. The minimum Gasteiger partial charge on any atom is -0.381 e. The third kappa shape index (κ3) is 4.65.